The van der Waals surface area contributed by atoms with Crippen molar-refractivity contribution in [3.63, 3.8) is 0 Å². The van der Waals surface area contributed by atoms with Gasteiger partial charge >= 0.3 is 17.9 Å². The fraction of sp³-hybridized carbons (Fsp3) is 0.778. The van der Waals surface area contributed by atoms with Gasteiger partial charge in [-0.05, 0) is 0 Å². The van der Waals surface area contributed by atoms with Crippen LogP contribution in [0.3, 0.4) is 0 Å². The van der Waals surface area contributed by atoms with Gasteiger partial charge in [0.1, 0.15) is 13.2 Å². The number of carbonyl (C=O) groups is 2. The van der Waals surface area contributed by atoms with Gasteiger partial charge < -0.3 is 9.47 Å². The fourth-order valence-corrected chi connectivity index (χ4v) is 0.570. The molecule has 0 aliphatic rings. The molecule has 0 bridgehead atoms. The van der Waals surface area contributed by atoms with Crippen molar-refractivity contribution in [3.8, 4) is 0 Å². The quantitative estimate of drug-likeness (QED) is 0.523. The van der Waals surface area contributed by atoms with Gasteiger partial charge in [-0.25, -0.2) is 4.79 Å². The van der Waals surface area contributed by atoms with E-state index in [0.717, 1.165) is 0 Å². The smallest absolute Gasteiger partial charge is 0.376 e. The molecule has 4 nitrogen and oxygen atoms in total. The summed E-state index contributed by atoms with van der Waals surface area (Å²) in [4.78, 5) is 21.4. The third-order valence-electron chi connectivity index (χ3n) is 1.39. The molecule has 0 aromatic rings. The van der Waals surface area contributed by atoms with Crippen LogP contribution in [-0.2, 0) is 19.1 Å². The second kappa shape index (κ2) is 5.63. The molecule has 0 atom stereocenters. The summed E-state index contributed by atoms with van der Waals surface area (Å²) in [5.41, 5.74) is 0. The summed E-state index contributed by atoms with van der Waals surface area (Å²) in [7, 11) is 0. The number of hydrogen-bond acceptors (Lipinski definition) is 4. The molecule has 0 amide bonds. The van der Waals surface area contributed by atoms with E-state index in [2.05, 4.69) is 9.47 Å². The fourth-order valence-electron chi connectivity index (χ4n) is 0.570. The van der Waals surface area contributed by atoms with Crippen LogP contribution in [0, 0.1) is 5.92 Å². The van der Waals surface area contributed by atoms with E-state index in [1.807, 2.05) is 0 Å². The molecule has 0 aliphatic heterocycles. The number of carbonyl (C=O) groups excluding carboxylic acids is 2. The molecule has 0 N–H and O–H groups in total. The lowest BCUT2D eigenvalue weighted by molar-refractivity contribution is -0.172. The zero-order valence-corrected chi connectivity index (χ0v) is 8.88. The molecule has 6 heteroatoms. The molecule has 0 spiro atoms. The van der Waals surface area contributed by atoms with Crippen LogP contribution in [-0.4, -0.2) is 31.1 Å². The summed E-state index contributed by atoms with van der Waals surface area (Å²) in [6, 6.07) is 0. The zero-order chi connectivity index (χ0) is 12.1. The van der Waals surface area contributed by atoms with Crippen molar-refractivity contribution in [2.75, 3.05) is 13.2 Å². The van der Waals surface area contributed by atoms with Gasteiger partial charge in [0.15, 0.2) is 0 Å². The molecule has 0 aromatic heterocycles. The molecule has 0 heterocycles. The van der Waals surface area contributed by atoms with Crippen molar-refractivity contribution in [2.45, 2.75) is 26.7 Å². The first-order valence-electron chi connectivity index (χ1n) is 4.47. The summed E-state index contributed by atoms with van der Waals surface area (Å²) < 4.78 is 33.3. The minimum atomic E-state index is -3.51. The molecule has 88 valence electrons. The molecule has 0 rings (SSSR count). The average molecular weight is 224 g/mol. The Bertz CT molecular complexity index is 233. The maximum Gasteiger partial charge on any atom is 0.376 e. The predicted octanol–water partition coefficient (Wildman–Crippen LogP) is 1.38. The lowest BCUT2D eigenvalue weighted by atomic mass is 10.2. The van der Waals surface area contributed by atoms with Gasteiger partial charge in [-0.15, -0.1) is 0 Å². The van der Waals surface area contributed by atoms with E-state index in [4.69, 9.17) is 0 Å². The van der Waals surface area contributed by atoms with Crippen LogP contribution in [0.25, 0.3) is 0 Å². The van der Waals surface area contributed by atoms with Gasteiger partial charge in [0, 0.05) is 6.92 Å². The van der Waals surface area contributed by atoms with Crippen LogP contribution < -0.4 is 0 Å². The normalized spacial score (nSPS) is 11.3. The Labute approximate surface area is 86.5 Å². The zero-order valence-electron chi connectivity index (χ0n) is 8.88. The summed E-state index contributed by atoms with van der Waals surface area (Å²) in [5, 5.41) is 0. The van der Waals surface area contributed by atoms with Crippen molar-refractivity contribution in [3.05, 3.63) is 0 Å². The summed E-state index contributed by atoms with van der Waals surface area (Å²) >= 11 is 0. The molecule has 0 aromatic carbocycles. The van der Waals surface area contributed by atoms with Crippen molar-refractivity contribution >= 4 is 11.9 Å². The van der Waals surface area contributed by atoms with E-state index in [1.165, 1.54) is 0 Å². The van der Waals surface area contributed by atoms with Crippen LogP contribution in [0.4, 0.5) is 8.78 Å². The van der Waals surface area contributed by atoms with E-state index in [0.29, 0.717) is 6.92 Å². The van der Waals surface area contributed by atoms with Crippen molar-refractivity contribution in [2.24, 2.45) is 5.92 Å². The molecule has 15 heavy (non-hydrogen) atoms. The van der Waals surface area contributed by atoms with E-state index < -0.39 is 17.9 Å². The average Bonchev–Trinajstić information content (AvgIpc) is 2.09. The maximum absolute atomic E-state index is 12.2. The van der Waals surface area contributed by atoms with E-state index >= 15 is 0 Å². The van der Waals surface area contributed by atoms with Gasteiger partial charge in [-0.3, -0.25) is 4.79 Å². The molecular weight excluding hydrogens is 210 g/mol. The topological polar surface area (TPSA) is 52.6 Å². The third kappa shape index (κ3) is 5.98. The highest BCUT2D eigenvalue weighted by molar-refractivity contribution is 5.76. The van der Waals surface area contributed by atoms with Gasteiger partial charge in [0.2, 0.25) is 0 Å². The monoisotopic (exact) mass is 224 g/mol. The Hall–Kier alpha value is -1.20. The van der Waals surface area contributed by atoms with Gasteiger partial charge in [0.25, 0.3) is 0 Å². The Balaban J connectivity index is 3.65. The molecule has 0 unspecified atom stereocenters. The van der Waals surface area contributed by atoms with Gasteiger partial charge in [0.05, 0.1) is 5.92 Å². The first-order chi connectivity index (χ1) is 6.75. The Morgan fingerprint density at radius 2 is 1.67 bits per heavy atom. The van der Waals surface area contributed by atoms with E-state index in [-0.39, 0.29) is 19.1 Å². The highest BCUT2D eigenvalue weighted by atomic mass is 19.3. The first kappa shape index (κ1) is 13.8. The van der Waals surface area contributed by atoms with E-state index in [1.54, 1.807) is 13.8 Å². The molecule has 0 saturated heterocycles. The number of rotatable bonds is 5. The number of halogens is 2. The molecule has 0 fully saturated rings. The highest BCUT2D eigenvalue weighted by Gasteiger charge is 2.34. The van der Waals surface area contributed by atoms with Gasteiger partial charge in [-0.1, -0.05) is 13.8 Å². The van der Waals surface area contributed by atoms with Crippen LogP contribution in [0.5, 0.6) is 0 Å². The largest absolute Gasteiger partial charge is 0.462 e. The number of hydrogen-bond donors (Lipinski definition) is 0. The number of esters is 2. The highest BCUT2D eigenvalue weighted by Crippen LogP contribution is 2.13. The molecule has 0 radical (unpaired) electrons. The third-order valence-corrected chi connectivity index (χ3v) is 1.39. The first-order valence-corrected chi connectivity index (χ1v) is 4.47. The maximum atomic E-state index is 12.2. The Morgan fingerprint density at radius 3 is 2.07 bits per heavy atom. The van der Waals surface area contributed by atoms with Crippen LogP contribution in [0.1, 0.15) is 20.8 Å². The SMILES string of the molecule is CC(C)C(=O)OCCOC(=O)C(C)(F)F. The predicted molar refractivity (Wildman–Crippen MR) is 47.4 cm³/mol. The second-order valence-corrected chi connectivity index (χ2v) is 3.35. The van der Waals surface area contributed by atoms with Crippen molar-refractivity contribution < 1.29 is 27.8 Å². The number of ether oxygens (including phenoxy) is 2. The second-order valence-electron chi connectivity index (χ2n) is 3.35. The molecule has 0 saturated carbocycles. The van der Waals surface area contributed by atoms with Crippen molar-refractivity contribution in [1.29, 1.82) is 0 Å². The van der Waals surface area contributed by atoms with Crippen molar-refractivity contribution in [1.82, 2.24) is 0 Å². The summed E-state index contributed by atoms with van der Waals surface area (Å²) in [5.74, 6) is -5.90. The van der Waals surface area contributed by atoms with Gasteiger partial charge in [-0.2, -0.15) is 8.78 Å². The van der Waals surface area contributed by atoms with Crippen LogP contribution in [0.2, 0.25) is 0 Å². The standard InChI is InChI=1S/C9H14F2O4/c1-6(2)7(12)14-4-5-15-8(13)9(3,10)11/h6H,4-5H2,1-3H3. The minimum absolute atomic E-state index is 0.209. The molecular formula is C9H14F2O4. The van der Waals surface area contributed by atoms with Crippen LogP contribution >= 0.6 is 0 Å². The van der Waals surface area contributed by atoms with E-state index in [9.17, 15) is 18.4 Å². The number of alkyl halides is 2. The Kier molecular flexibility index (Phi) is 5.18. The van der Waals surface area contributed by atoms with Crippen LogP contribution in [0.15, 0.2) is 0 Å². The molecule has 0 aliphatic carbocycles. The lowest BCUT2D eigenvalue weighted by Crippen LogP contribution is -2.28. The minimum Gasteiger partial charge on any atom is -0.462 e. The summed E-state index contributed by atoms with van der Waals surface area (Å²) in [6.07, 6.45) is 0. The summed E-state index contributed by atoms with van der Waals surface area (Å²) in [6.45, 7) is 3.14. The Morgan fingerprint density at radius 1 is 1.20 bits per heavy atom. The lowest BCUT2D eigenvalue weighted by Gasteiger charge is -2.10.